The van der Waals surface area contributed by atoms with E-state index >= 15 is 0 Å². The summed E-state index contributed by atoms with van der Waals surface area (Å²) in [5.41, 5.74) is 3.37. The minimum atomic E-state index is -0.682. The summed E-state index contributed by atoms with van der Waals surface area (Å²) in [6.45, 7) is 4.35. The van der Waals surface area contributed by atoms with Gasteiger partial charge in [0.15, 0.2) is 0 Å². The quantitative estimate of drug-likeness (QED) is 0.287. The lowest BCUT2D eigenvalue weighted by Gasteiger charge is -2.29. The molecule has 35 heavy (non-hydrogen) atoms. The molecule has 0 unspecified atom stereocenters. The molecule has 5 nitrogen and oxygen atoms in total. The average Bonchev–Trinajstić information content (AvgIpc) is 2.91. The van der Waals surface area contributed by atoms with Gasteiger partial charge in [-0.1, -0.05) is 73.7 Å². The van der Waals surface area contributed by atoms with E-state index in [0.717, 1.165) is 12.0 Å². The smallest absolute Gasteiger partial charge is 0.321 e. The number of carbonyl (C=O) groups is 2. The van der Waals surface area contributed by atoms with E-state index in [2.05, 4.69) is 0 Å². The van der Waals surface area contributed by atoms with Crippen molar-refractivity contribution in [3.8, 4) is 5.75 Å². The maximum atomic E-state index is 14.1. The van der Waals surface area contributed by atoms with Crippen LogP contribution < -0.4 is 14.5 Å². The molecule has 0 aliphatic heterocycles. The van der Waals surface area contributed by atoms with Crippen LogP contribution in [-0.4, -0.2) is 18.4 Å². The van der Waals surface area contributed by atoms with Crippen LogP contribution in [0.2, 0.25) is 0 Å². The predicted molar refractivity (Wildman–Crippen MR) is 141 cm³/mol. The standard InChI is InChI=1S/C30H28N2O3/c1-3-23-15-11-12-20-26(23)31(24-16-7-5-8-17-24)29(33)30(34)32(25-18-9-6-10-19-25)27-21-13-14-22-28(27)35-4-2/h5-22H,3-4H2,1-2H3. The van der Waals surface area contributed by atoms with Gasteiger partial charge in [-0.15, -0.1) is 0 Å². The topological polar surface area (TPSA) is 49.9 Å². The first-order valence-corrected chi connectivity index (χ1v) is 11.7. The molecule has 0 radical (unpaired) electrons. The zero-order valence-corrected chi connectivity index (χ0v) is 19.9. The van der Waals surface area contributed by atoms with Gasteiger partial charge in [-0.05, 0) is 61.4 Å². The van der Waals surface area contributed by atoms with Crippen LogP contribution in [0.3, 0.4) is 0 Å². The second-order valence-corrected chi connectivity index (χ2v) is 7.84. The maximum absolute atomic E-state index is 14.1. The Hall–Kier alpha value is -4.38. The molecule has 0 saturated heterocycles. The van der Waals surface area contributed by atoms with Crippen LogP contribution in [0.4, 0.5) is 22.7 Å². The Kier molecular flexibility index (Phi) is 7.58. The fourth-order valence-corrected chi connectivity index (χ4v) is 4.02. The molecule has 0 fully saturated rings. The summed E-state index contributed by atoms with van der Waals surface area (Å²) < 4.78 is 5.82. The van der Waals surface area contributed by atoms with E-state index in [1.54, 1.807) is 24.3 Å². The Morgan fingerprint density at radius 3 is 1.60 bits per heavy atom. The van der Waals surface area contributed by atoms with Gasteiger partial charge in [0.25, 0.3) is 0 Å². The minimum absolute atomic E-state index is 0.432. The Morgan fingerprint density at radius 2 is 1.06 bits per heavy atom. The van der Waals surface area contributed by atoms with E-state index in [-0.39, 0.29) is 0 Å². The molecule has 2 amide bonds. The average molecular weight is 465 g/mol. The van der Waals surface area contributed by atoms with Crippen LogP contribution in [-0.2, 0) is 16.0 Å². The number of rotatable bonds is 7. The van der Waals surface area contributed by atoms with Crippen molar-refractivity contribution in [1.29, 1.82) is 0 Å². The highest BCUT2D eigenvalue weighted by molar-refractivity contribution is 6.47. The van der Waals surface area contributed by atoms with E-state index in [9.17, 15) is 9.59 Å². The summed E-state index contributed by atoms with van der Waals surface area (Å²) in [7, 11) is 0. The summed E-state index contributed by atoms with van der Waals surface area (Å²) in [5.74, 6) is -0.814. The lowest BCUT2D eigenvalue weighted by Crippen LogP contribution is -2.42. The van der Waals surface area contributed by atoms with Crippen LogP contribution in [0.1, 0.15) is 19.4 Å². The first kappa shape index (κ1) is 23.8. The highest BCUT2D eigenvalue weighted by Gasteiger charge is 2.33. The number of nitrogens with zero attached hydrogens (tertiary/aromatic N) is 2. The van der Waals surface area contributed by atoms with Gasteiger partial charge in [-0.3, -0.25) is 19.4 Å². The van der Waals surface area contributed by atoms with Crippen molar-refractivity contribution >= 4 is 34.6 Å². The number of hydrogen-bond donors (Lipinski definition) is 0. The fourth-order valence-electron chi connectivity index (χ4n) is 4.02. The summed E-state index contributed by atoms with van der Waals surface area (Å²) in [4.78, 5) is 31.1. The maximum Gasteiger partial charge on any atom is 0.321 e. The van der Waals surface area contributed by atoms with Gasteiger partial charge in [0.1, 0.15) is 5.75 Å². The number of anilines is 4. The van der Waals surface area contributed by atoms with Gasteiger partial charge in [0, 0.05) is 11.4 Å². The summed E-state index contributed by atoms with van der Waals surface area (Å²) in [6, 6.07) is 33.3. The Balaban J connectivity index is 1.86. The van der Waals surface area contributed by atoms with Gasteiger partial charge >= 0.3 is 11.8 Å². The Morgan fingerprint density at radius 1 is 0.600 bits per heavy atom. The fraction of sp³-hybridized carbons (Fsp3) is 0.133. The molecule has 176 valence electrons. The van der Waals surface area contributed by atoms with Crippen molar-refractivity contribution in [2.75, 3.05) is 16.4 Å². The molecule has 4 aromatic rings. The second-order valence-electron chi connectivity index (χ2n) is 7.84. The third kappa shape index (κ3) is 5.09. The number of para-hydroxylation sites is 5. The van der Waals surface area contributed by atoms with Crippen molar-refractivity contribution in [2.24, 2.45) is 0 Å². The van der Waals surface area contributed by atoms with Gasteiger partial charge < -0.3 is 4.74 Å². The molecular formula is C30H28N2O3. The number of amides is 2. The molecule has 0 aliphatic carbocycles. The zero-order valence-electron chi connectivity index (χ0n) is 19.9. The normalized spacial score (nSPS) is 10.5. The van der Waals surface area contributed by atoms with Crippen LogP contribution in [0.25, 0.3) is 0 Å². The lowest BCUT2D eigenvalue weighted by molar-refractivity contribution is -0.135. The highest BCUT2D eigenvalue weighted by Crippen LogP contribution is 2.36. The molecule has 0 N–H and O–H groups in total. The van der Waals surface area contributed by atoms with Crippen molar-refractivity contribution in [1.82, 2.24) is 0 Å². The first-order valence-electron chi connectivity index (χ1n) is 11.7. The van der Waals surface area contributed by atoms with Crippen LogP contribution in [0.5, 0.6) is 5.75 Å². The number of benzene rings is 4. The molecule has 0 spiro atoms. The molecule has 0 aromatic heterocycles. The molecule has 0 atom stereocenters. The van der Waals surface area contributed by atoms with Crippen molar-refractivity contribution < 1.29 is 14.3 Å². The highest BCUT2D eigenvalue weighted by atomic mass is 16.5. The Bertz CT molecular complexity index is 1290. The SMILES string of the molecule is CCOc1ccccc1N(C(=O)C(=O)N(c1ccccc1)c1ccccc1CC)c1ccccc1. The number of carbonyl (C=O) groups excluding carboxylic acids is 2. The molecule has 0 bridgehead atoms. The van der Waals surface area contributed by atoms with E-state index in [4.69, 9.17) is 4.74 Å². The van der Waals surface area contributed by atoms with Gasteiger partial charge in [0.2, 0.25) is 0 Å². The third-order valence-electron chi connectivity index (χ3n) is 5.64. The molecule has 5 heteroatoms. The number of hydrogen-bond acceptors (Lipinski definition) is 3. The van der Waals surface area contributed by atoms with Crippen LogP contribution in [0, 0.1) is 0 Å². The van der Waals surface area contributed by atoms with E-state index < -0.39 is 11.8 Å². The second kappa shape index (κ2) is 11.2. The number of ether oxygens (including phenoxy) is 1. The first-order chi connectivity index (χ1) is 17.2. The van der Waals surface area contributed by atoms with Gasteiger partial charge in [-0.25, -0.2) is 0 Å². The molecule has 4 rings (SSSR count). The van der Waals surface area contributed by atoms with E-state index in [1.807, 2.05) is 98.8 Å². The number of aryl methyl sites for hydroxylation is 1. The monoisotopic (exact) mass is 464 g/mol. The molecule has 4 aromatic carbocycles. The summed E-state index contributed by atoms with van der Waals surface area (Å²) in [5, 5.41) is 0. The molecule has 0 saturated carbocycles. The van der Waals surface area contributed by atoms with Crippen molar-refractivity contribution in [3.63, 3.8) is 0 Å². The zero-order chi connectivity index (χ0) is 24.6. The molecule has 0 aliphatic rings. The van der Waals surface area contributed by atoms with Crippen LogP contribution >= 0.6 is 0 Å². The van der Waals surface area contributed by atoms with E-state index in [1.165, 1.54) is 9.80 Å². The van der Waals surface area contributed by atoms with Crippen LogP contribution in [0.15, 0.2) is 109 Å². The van der Waals surface area contributed by atoms with Crippen molar-refractivity contribution in [2.45, 2.75) is 20.3 Å². The van der Waals surface area contributed by atoms with Crippen molar-refractivity contribution in [3.05, 3.63) is 115 Å². The summed E-state index contributed by atoms with van der Waals surface area (Å²) in [6.07, 6.45) is 0.719. The minimum Gasteiger partial charge on any atom is -0.492 e. The lowest BCUT2D eigenvalue weighted by atomic mass is 10.1. The third-order valence-corrected chi connectivity index (χ3v) is 5.64. The van der Waals surface area contributed by atoms with E-state index in [0.29, 0.717) is 35.1 Å². The molecule has 0 heterocycles. The molecular weight excluding hydrogens is 436 g/mol. The van der Waals surface area contributed by atoms with Gasteiger partial charge in [-0.2, -0.15) is 0 Å². The Labute approximate surface area is 206 Å². The van der Waals surface area contributed by atoms with Gasteiger partial charge in [0.05, 0.1) is 18.0 Å². The largest absolute Gasteiger partial charge is 0.492 e. The summed E-state index contributed by atoms with van der Waals surface area (Å²) >= 11 is 0. The predicted octanol–water partition coefficient (Wildman–Crippen LogP) is 6.68.